The summed E-state index contributed by atoms with van der Waals surface area (Å²) in [6.07, 6.45) is 1.73. The van der Waals surface area contributed by atoms with E-state index in [9.17, 15) is 14.4 Å². The molecule has 0 spiro atoms. The largest absolute Gasteiger partial charge is 0.376 e. The Morgan fingerprint density at radius 1 is 1.16 bits per heavy atom. The Morgan fingerprint density at radius 2 is 2.00 bits per heavy atom. The maximum Gasteiger partial charge on any atom is 0.255 e. The fraction of sp³-hybridized carbons (Fsp3) is 0.370. The first kappa shape index (κ1) is 25.7. The monoisotopic (exact) mass is 542 g/mol. The predicted octanol–water partition coefficient (Wildman–Crippen LogP) is 3.38. The van der Waals surface area contributed by atoms with E-state index in [1.54, 1.807) is 29.2 Å². The fourth-order valence-corrected chi connectivity index (χ4v) is 5.51. The first-order valence-electron chi connectivity index (χ1n) is 12.3. The first-order chi connectivity index (χ1) is 17.8. The molecular weight excluding hydrogens is 515 g/mol. The standard InChI is InChI=1S/C27H28Cl2N4O4/c1-16-4-7-23-19(11-16)20(13-24(34)32-23)25(35)33-9-8-30-15-27(33,17-5-6-21(28)22(29)12-17)26(36)31-14-18-3-2-10-37-18/h4-7,11-13,18,30H,2-3,8-10,14-15H2,1H3,(H,31,36)(H,32,34). The van der Waals surface area contributed by atoms with Gasteiger partial charge in [0, 0.05) is 49.8 Å². The van der Waals surface area contributed by atoms with E-state index in [1.807, 2.05) is 19.1 Å². The number of ether oxygens (including phenoxy) is 1. The fourth-order valence-electron chi connectivity index (χ4n) is 5.21. The zero-order chi connectivity index (χ0) is 26.2. The van der Waals surface area contributed by atoms with E-state index in [0.717, 1.165) is 18.4 Å². The summed E-state index contributed by atoms with van der Waals surface area (Å²) in [5.41, 5.74) is 0.440. The Kier molecular flexibility index (Phi) is 7.27. The summed E-state index contributed by atoms with van der Waals surface area (Å²) < 4.78 is 5.69. The summed E-state index contributed by atoms with van der Waals surface area (Å²) in [7, 11) is 0. The number of carbonyl (C=O) groups excluding carboxylic acids is 2. The highest BCUT2D eigenvalue weighted by Crippen LogP contribution is 2.36. The highest BCUT2D eigenvalue weighted by Gasteiger charge is 2.50. The molecule has 10 heteroatoms. The lowest BCUT2D eigenvalue weighted by Gasteiger charge is -2.46. The first-order valence-corrected chi connectivity index (χ1v) is 13.1. The predicted molar refractivity (Wildman–Crippen MR) is 143 cm³/mol. The summed E-state index contributed by atoms with van der Waals surface area (Å²) in [5.74, 6) is -0.770. The molecule has 0 saturated carbocycles. The van der Waals surface area contributed by atoms with E-state index < -0.39 is 17.0 Å². The van der Waals surface area contributed by atoms with E-state index >= 15 is 0 Å². The SMILES string of the molecule is Cc1ccc2[nH]c(=O)cc(C(=O)N3CCNCC3(C(=O)NCC3CCCO3)c3ccc(Cl)c(Cl)c3)c2c1. The van der Waals surface area contributed by atoms with Crippen molar-refractivity contribution in [2.45, 2.75) is 31.4 Å². The molecule has 2 aliphatic heterocycles. The number of carbonyl (C=O) groups is 2. The van der Waals surface area contributed by atoms with Crippen molar-refractivity contribution in [2.75, 3.05) is 32.8 Å². The van der Waals surface area contributed by atoms with Gasteiger partial charge in [0.25, 0.3) is 11.8 Å². The highest BCUT2D eigenvalue weighted by atomic mass is 35.5. The average molecular weight is 543 g/mol. The molecule has 2 aromatic carbocycles. The van der Waals surface area contributed by atoms with E-state index in [2.05, 4.69) is 15.6 Å². The number of amides is 2. The second kappa shape index (κ2) is 10.5. The molecular formula is C27H28Cl2N4O4. The molecule has 2 unspecified atom stereocenters. The lowest BCUT2D eigenvalue weighted by molar-refractivity contribution is -0.134. The van der Waals surface area contributed by atoms with Gasteiger partial charge in [-0.05, 0) is 49.6 Å². The van der Waals surface area contributed by atoms with Gasteiger partial charge in [-0.1, -0.05) is 40.9 Å². The van der Waals surface area contributed by atoms with Crippen molar-refractivity contribution in [1.82, 2.24) is 20.5 Å². The number of hydrogen-bond acceptors (Lipinski definition) is 5. The summed E-state index contributed by atoms with van der Waals surface area (Å²) in [5, 5.41) is 7.54. The van der Waals surface area contributed by atoms with Gasteiger partial charge in [0.2, 0.25) is 5.56 Å². The van der Waals surface area contributed by atoms with E-state index in [0.29, 0.717) is 41.2 Å². The molecule has 2 atom stereocenters. The van der Waals surface area contributed by atoms with Crippen LogP contribution in [0.3, 0.4) is 0 Å². The third-order valence-electron chi connectivity index (χ3n) is 7.11. The smallest absolute Gasteiger partial charge is 0.255 e. The van der Waals surface area contributed by atoms with Crippen LogP contribution in [0, 0.1) is 6.92 Å². The Balaban J connectivity index is 1.63. The molecule has 37 heavy (non-hydrogen) atoms. The Labute approximate surface area is 224 Å². The number of nitrogens with one attached hydrogen (secondary N) is 3. The van der Waals surface area contributed by atoms with Gasteiger partial charge in [-0.15, -0.1) is 0 Å². The number of fused-ring (bicyclic) bond motifs is 1. The molecule has 8 nitrogen and oxygen atoms in total. The van der Waals surface area contributed by atoms with Gasteiger partial charge in [-0.3, -0.25) is 14.4 Å². The molecule has 0 radical (unpaired) electrons. The third kappa shape index (κ3) is 4.86. The molecule has 1 aromatic heterocycles. The molecule has 5 rings (SSSR count). The number of nitrogens with zero attached hydrogens (tertiary/aromatic N) is 1. The van der Waals surface area contributed by atoms with E-state index in [4.69, 9.17) is 27.9 Å². The van der Waals surface area contributed by atoms with Crippen molar-refractivity contribution in [1.29, 1.82) is 0 Å². The van der Waals surface area contributed by atoms with Crippen molar-refractivity contribution in [2.24, 2.45) is 0 Å². The van der Waals surface area contributed by atoms with Gasteiger partial charge in [-0.25, -0.2) is 0 Å². The van der Waals surface area contributed by atoms with E-state index in [1.165, 1.54) is 6.07 Å². The van der Waals surface area contributed by atoms with Crippen LogP contribution in [0.5, 0.6) is 0 Å². The Hall–Kier alpha value is -2.91. The second-order valence-electron chi connectivity index (χ2n) is 9.56. The third-order valence-corrected chi connectivity index (χ3v) is 7.85. The van der Waals surface area contributed by atoms with Gasteiger partial charge >= 0.3 is 0 Å². The van der Waals surface area contributed by atoms with Crippen molar-refractivity contribution in [3.63, 3.8) is 0 Å². The number of aromatic amines is 1. The topological polar surface area (TPSA) is 104 Å². The molecule has 2 aliphatic rings. The second-order valence-corrected chi connectivity index (χ2v) is 10.4. The highest BCUT2D eigenvalue weighted by molar-refractivity contribution is 6.42. The summed E-state index contributed by atoms with van der Waals surface area (Å²) in [6, 6.07) is 11.8. The molecule has 2 amide bonds. The normalized spacial score (nSPS) is 21.8. The van der Waals surface area contributed by atoms with Crippen LogP contribution in [-0.4, -0.2) is 60.6 Å². The number of halogens is 2. The summed E-state index contributed by atoms with van der Waals surface area (Å²) >= 11 is 12.6. The van der Waals surface area contributed by atoms with Crippen molar-refractivity contribution >= 4 is 45.9 Å². The van der Waals surface area contributed by atoms with Crippen molar-refractivity contribution < 1.29 is 14.3 Å². The number of benzene rings is 2. The summed E-state index contributed by atoms with van der Waals surface area (Å²) in [6.45, 7) is 3.80. The number of rotatable bonds is 5. The minimum Gasteiger partial charge on any atom is -0.376 e. The average Bonchev–Trinajstić information content (AvgIpc) is 3.42. The summed E-state index contributed by atoms with van der Waals surface area (Å²) in [4.78, 5) is 45.2. The van der Waals surface area contributed by atoms with Crippen LogP contribution in [0.25, 0.3) is 10.9 Å². The van der Waals surface area contributed by atoms with Crippen LogP contribution in [0.15, 0.2) is 47.3 Å². The number of aromatic nitrogens is 1. The molecule has 2 saturated heterocycles. The zero-order valence-corrected chi connectivity index (χ0v) is 21.9. The lowest BCUT2D eigenvalue weighted by atomic mass is 9.84. The molecule has 3 heterocycles. The molecule has 3 N–H and O–H groups in total. The van der Waals surface area contributed by atoms with Crippen LogP contribution in [0.4, 0.5) is 0 Å². The molecule has 0 aliphatic carbocycles. The van der Waals surface area contributed by atoms with Gasteiger partial charge in [0.05, 0.1) is 21.7 Å². The number of aryl methyl sites for hydroxylation is 1. The zero-order valence-electron chi connectivity index (χ0n) is 20.4. The quantitative estimate of drug-likeness (QED) is 0.458. The van der Waals surface area contributed by atoms with Crippen LogP contribution < -0.4 is 16.2 Å². The van der Waals surface area contributed by atoms with Crippen LogP contribution in [0.1, 0.15) is 34.3 Å². The molecule has 3 aromatic rings. The van der Waals surface area contributed by atoms with Crippen LogP contribution in [0.2, 0.25) is 10.0 Å². The lowest BCUT2D eigenvalue weighted by Crippen LogP contribution is -2.67. The molecule has 0 bridgehead atoms. The number of H-pyrrole nitrogens is 1. The van der Waals surface area contributed by atoms with Gasteiger partial charge in [-0.2, -0.15) is 0 Å². The van der Waals surface area contributed by atoms with Crippen LogP contribution in [-0.2, 0) is 15.1 Å². The number of hydrogen-bond donors (Lipinski definition) is 3. The minimum atomic E-state index is -1.43. The van der Waals surface area contributed by atoms with Crippen molar-refractivity contribution in [3.8, 4) is 0 Å². The Bertz CT molecular complexity index is 1420. The van der Waals surface area contributed by atoms with Gasteiger partial charge < -0.3 is 25.3 Å². The van der Waals surface area contributed by atoms with E-state index in [-0.39, 0.29) is 35.7 Å². The van der Waals surface area contributed by atoms with Gasteiger partial charge in [0.15, 0.2) is 5.54 Å². The maximum atomic E-state index is 14.3. The number of piperazine rings is 1. The molecule has 2 fully saturated rings. The molecule has 194 valence electrons. The Morgan fingerprint density at radius 3 is 2.76 bits per heavy atom. The minimum absolute atomic E-state index is 0.0740. The maximum absolute atomic E-state index is 14.3. The van der Waals surface area contributed by atoms with Gasteiger partial charge in [0.1, 0.15) is 0 Å². The number of pyridine rings is 1. The van der Waals surface area contributed by atoms with Crippen LogP contribution >= 0.6 is 23.2 Å². The van der Waals surface area contributed by atoms with Crippen molar-refractivity contribution in [3.05, 3.63) is 79.6 Å².